The van der Waals surface area contributed by atoms with Gasteiger partial charge in [-0.15, -0.1) is 11.3 Å². The molecule has 2 fully saturated rings. The van der Waals surface area contributed by atoms with Crippen molar-refractivity contribution in [2.45, 2.75) is 31.6 Å². The smallest absolute Gasteiger partial charge is 0.317 e. The Kier molecular flexibility index (Phi) is 4.20. The normalized spacial score (nSPS) is 29.7. The average molecular weight is 346 g/mol. The molecule has 1 aromatic heterocycles. The second-order valence-corrected chi connectivity index (χ2v) is 7.93. The predicted octanol–water partition coefficient (Wildman–Crippen LogP) is 2.17. The summed E-state index contributed by atoms with van der Waals surface area (Å²) in [5, 5.41) is 25.9. The summed E-state index contributed by atoms with van der Waals surface area (Å²) in [7, 11) is 0. The van der Waals surface area contributed by atoms with Gasteiger partial charge in [0.2, 0.25) is 0 Å². The summed E-state index contributed by atoms with van der Waals surface area (Å²) in [5.41, 5.74) is 1.09. The first-order chi connectivity index (χ1) is 11.6. The van der Waals surface area contributed by atoms with Gasteiger partial charge in [0.1, 0.15) is 0 Å². The molecule has 3 N–H and O–H groups in total. The second-order valence-electron chi connectivity index (χ2n) is 6.98. The Morgan fingerprint density at radius 2 is 1.88 bits per heavy atom. The van der Waals surface area contributed by atoms with Gasteiger partial charge in [0.15, 0.2) is 0 Å². The number of nitrogens with zero attached hydrogens (tertiary/aromatic N) is 1. The lowest BCUT2D eigenvalue weighted by Crippen LogP contribution is -2.38. The molecule has 0 bridgehead atoms. The number of amides is 2. The zero-order chi connectivity index (χ0) is 16.7. The molecule has 6 heteroatoms. The summed E-state index contributed by atoms with van der Waals surface area (Å²) in [6.07, 6.45) is -0.118. The Balaban J connectivity index is 1.35. The van der Waals surface area contributed by atoms with Crippen LogP contribution in [0.2, 0.25) is 0 Å². The van der Waals surface area contributed by atoms with Gasteiger partial charge in [-0.25, -0.2) is 4.79 Å². The van der Waals surface area contributed by atoms with Crippen molar-refractivity contribution in [2.24, 2.45) is 11.8 Å². The number of aliphatic hydroxyl groups excluding tert-OH is 2. The van der Waals surface area contributed by atoms with Gasteiger partial charge in [-0.2, -0.15) is 0 Å². The molecule has 1 aliphatic heterocycles. The van der Waals surface area contributed by atoms with E-state index in [0.29, 0.717) is 44.3 Å². The molecule has 0 unspecified atom stereocenters. The minimum atomic E-state index is -0.647. The monoisotopic (exact) mass is 346 g/mol. The molecule has 4 atom stereocenters. The zero-order valence-electron chi connectivity index (χ0n) is 13.4. The number of fused-ring (bicyclic) bond motifs is 2. The maximum absolute atomic E-state index is 12.4. The number of carbonyl (C=O) groups is 1. The van der Waals surface area contributed by atoms with Crippen LogP contribution in [0.15, 0.2) is 29.6 Å². The molecular formula is C18H22N2O3S. The van der Waals surface area contributed by atoms with Crippen molar-refractivity contribution in [3.8, 4) is 0 Å². The standard InChI is InChI=1S/C18H22N2O3S/c21-15-6-13-9-20(10-14(13)7-16(15)22)18(23)19-8-11-1-2-17-12(5-11)3-4-24-17/h1-5,13-16,21-22H,6-10H2,(H,19,23)/t13-,14+,15-,16-/m0/s1. The predicted molar refractivity (Wildman–Crippen MR) is 93.9 cm³/mol. The Labute approximate surface area is 144 Å². The van der Waals surface area contributed by atoms with Gasteiger partial charge in [0.05, 0.1) is 12.2 Å². The molecule has 4 rings (SSSR count). The van der Waals surface area contributed by atoms with E-state index < -0.39 is 12.2 Å². The Morgan fingerprint density at radius 1 is 1.17 bits per heavy atom. The van der Waals surface area contributed by atoms with Crippen molar-refractivity contribution in [3.05, 3.63) is 35.2 Å². The molecule has 2 aliphatic rings. The molecular weight excluding hydrogens is 324 g/mol. The van der Waals surface area contributed by atoms with Crippen LogP contribution in [0.4, 0.5) is 4.79 Å². The fourth-order valence-corrected chi connectivity index (χ4v) is 4.76. The highest BCUT2D eigenvalue weighted by molar-refractivity contribution is 7.17. The van der Waals surface area contributed by atoms with Gasteiger partial charge in [0.25, 0.3) is 0 Å². The highest BCUT2D eigenvalue weighted by Crippen LogP contribution is 2.36. The first kappa shape index (κ1) is 15.9. The second kappa shape index (κ2) is 6.35. The number of thiophene rings is 1. The number of benzene rings is 1. The van der Waals surface area contributed by atoms with Crippen molar-refractivity contribution >= 4 is 27.5 Å². The molecule has 24 heavy (non-hydrogen) atoms. The van der Waals surface area contributed by atoms with Crippen molar-refractivity contribution in [3.63, 3.8) is 0 Å². The number of likely N-dealkylation sites (tertiary alicyclic amines) is 1. The number of rotatable bonds is 2. The van der Waals surface area contributed by atoms with Crippen LogP contribution < -0.4 is 5.32 Å². The van der Waals surface area contributed by atoms with E-state index in [4.69, 9.17) is 0 Å². The third-order valence-corrected chi connectivity index (χ3v) is 6.25. The lowest BCUT2D eigenvalue weighted by Gasteiger charge is -2.31. The number of nitrogens with one attached hydrogen (secondary N) is 1. The summed E-state index contributed by atoms with van der Waals surface area (Å²) >= 11 is 1.72. The van der Waals surface area contributed by atoms with E-state index in [2.05, 4.69) is 35.0 Å². The van der Waals surface area contributed by atoms with E-state index in [1.807, 2.05) is 4.90 Å². The molecule has 1 saturated heterocycles. The van der Waals surface area contributed by atoms with E-state index in [1.54, 1.807) is 11.3 Å². The lowest BCUT2D eigenvalue weighted by atomic mass is 9.79. The minimum absolute atomic E-state index is 0.0567. The fraction of sp³-hybridized carbons (Fsp3) is 0.500. The maximum atomic E-state index is 12.4. The van der Waals surface area contributed by atoms with Crippen LogP contribution in [-0.4, -0.2) is 46.4 Å². The first-order valence-electron chi connectivity index (χ1n) is 8.45. The molecule has 5 nitrogen and oxygen atoms in total. The van der Waals surface area contributed by atoms with Gasteiger partial charge in [-0.1, -0.05) is 6.07 Å². The summed E-state index contributed by atoms with van der Waals surface area (Å²) in [6.45, 7) is 1.86. The third kappa shape index (κ3) is 3.01. The van der Waals surface area contributed by atoms with Crippen LogP contribution in [0, 0.1) is 11.8 Å². The molecule has 0 radical (unpaired) electrons. The summed E-state index contributed by atoms with van der Waals surface area (Å²) in [6, 6.07) is 8.29. The molecule has 1 aromatic carbocycles. The van der Waals surface area contributed by atoms with Gasteiger partial charge >= 0.3 is 6.03 Å². The lowest BCUT2D eigenvalue weighted by molar-refractivity contribution is -0.0372. The maximum Gasteiger partial charge on any atom is 0.317 e. The Bertz CT molecular complexity index is 729. The van der Waals surface area contributed by atoms with Gasteiger partial charge in [-0.05, 0) is 59.2 Å². The van der Waals surface area contributed by atoms with Gasteiger partial charge < -0.3 is 20.4 Å². The number of urea groups is 1. The van der Waals surface area contributed by atoms with Crippen LogP contribution in [0.3, 0.4) is 0 Å². The minimum Gasteiger partial charge on any atom is -0.390 e. The van der Waals surface area contributed by atoms with Crippen LogP contribution >= 0.6 is 11.3 Å². The van der Waals surface area contributed by atoms with Crippen molar-refractivity contribution in [1.82, 2.24) is 10.2 Å². The van der Waals surface area contributed by atoms with Crippen molar-refractivity contribution in [1.29, 1.82) is 0 Å². The van der Waals surface area contributed by atoms with Crippen LogP contribution in [0.1, 0.15) is 18.4 Å². The largest absolute Gasteiger partial charge is 0.390 e. The quantitative estimate of drug-likeness (QED) is 0.780. The highest BCUT2D eigenvalue weighted by Gasteiger charge is 2.42. The van der Waals surface area contributed by atoms with Crippen LogP contribution in [0.5, 0.6) is 0 Å². The summed E-state index contributed by atoms with van der Waals surface area (Å²) < 4.78 is 1.26. The summed E-state index contributed by atoms with van der Waals surface area (Å²) in [5.74, 6) is 0.604. The van der Waals surface area contributed by atoms with E-state index in [9.17, 15) is 15.0 Å². The van der Waals surface area contributed by atoms with Crippen molar-refractivity contribution < 1.29 is 15.0 Å². The molecule has 1 saturated carbocycles. The third-order valence-electron chi connectivity index (χ3n) is 5.36. The Morgan fingerprint density at radius 3 is 2.58 bits per heavy atom. The number of hydrogen-bond donors (Lipinski definition) is 3. The molecule has 2 amide bonds. The molecule has 2 aromatic rings. The average Bonchev–Trinajstić information content (AvgIpc) is 3.19. The van der Waals surface area contributed by atoms with Gasteiger partial charge in [0, 0.05) is 24.3 Å². The molecule has 128 valence electrons. The van der Waals surface area contributed by atoms with E-state index in [1.165, 1.54) is 10.1 Å². The first-order valence-corrected chi connectivity index (χ1v) is 9.33. The zero-order valence-corrected chi connectivity index (χ0v) is 14.2. The molecule has 2 heterocycles. The fourth-order valence-electron chi connectivity index (χ4n) is 3.99. The Hall–Kier alpha value is -1.63. The van der Waals surface area contributed by atoms with E-state index in [-0.39, 0.29) is 6.03 Å². The molecule has 0 spiro atoms. The van der Waals surface area contributed by atoms with Crippen LogP contribution in [-0.2, 0) is 6.54 Å². The van der Waals surface area contributed by atoms with Crippen molar-refractivity contribution in [2.75, 3.05) is 13.1 Å². The number of carbonyl (C=O) groups excluding carboxylic acids is 1. The number of aliphatic hydroxyl groups is 2. The summed E-state index contributed by atoms with van der Waals surface area (Å²) in [4.78, 5) is 14.3. The number of hydrogen-bond acceptors (Lipinski definition) is 4. The topological polar surface area (TPSA) is 72.8 Å². The molecule has 1 aliphatic carbocycles. The van der Waals surface area contributed by atoms with Crippen LogP contribution in [0.25, 0.3) is 10.1 Å². The van der Waals surface area contributed by atoms with E-state index in [0.717, 1.165) is 5.56 Å². The highest BCUT2D eigenvalue weighted by atomic mass is 32.1. The van der Waals surface area contributed by atoms with E-state index >= 15 is 0 Å². The SMILES string of the molecule is O=C(NCc1ccc2sccc2c1)N1C[C@H]2C[C@H](O)[C@@H](O)C[C@H]2C1. The van der Waals surface area contributed by atoms with Gasteiger partial charge in [-0.3, -0.25) is 0 Å².